The number of hydrogen-bond acceptors (Lipinski definition) is 2. The van der Waals surface area contributed by atoms with Gasteiger partial charge >= 0.3 is 0 Å². The third kappa shape index (κ3) is 3.38. The maximum Gasteiger partial charge on any atom is 0.0214 e. The molecule has 1 rings (SSSR count). The van der Waals surface area contributed by atoms with Crippen LogP contribution >= 0.6 is 0 Å². The van der Waals surface area contributed by atoms with Crippen LogP contribution in [0.4, 0.5) is 0 Å². The van der Waals surface area contributed by atoms with E-state index >= 15 is 0 Å². The first kappa shape index (κ1) is 10.6. The van der Waals surface area contributed by atoms with Crippen molar-refractivity contribution in [3.8, 4) is 12.3 Å². The molecule has 2 heteroatoms. The smallest absolute Gasteiger partial charge is 0.0214 e. The number of nitrogens with zero attached hydrogens (tertiary/aromatic N) is 1. The van der Waals surface area contributed by atoms with Gasteiger partial charge in [0.1, 0.15) is 0 Å². The van der Waals surface area contributed by atoms with Crippen LogP contribution in [0.1, 0.15) is 26.2 Å². The number of hydrogen-bond donors (Lipinski definition) is 1. The zero-order chi connectivity index (χ0) is 9.68. The summed E-state index contributed by atoms with van der Waals surface area (Å²) in [4.78, 5) is 2.44. The monoisotopic (exact) mass is 180 g/mol. The van der Waals surface area contributed by atoms with Crippen LogP contribution < -0.4 is 5.73 Å². The Hall–Kier alpha value is -0.520. The predicted molar refractivity (Wildman–Crippen MR) is 56.3 cm³/mol. The number of nitrogens with two attached hydrogens (primary N) is 1. The van der Waals surface area contributed by atoms with Gasteiger partial charge < -0.3 is 10.6 Å². The summed E-state index contributed by atoms with van der Waals surface area (Å²) in [7, 11) is 0. The Labute approximate surface area is 81.5 Å². The Morgan fingerprint density at radius 2 is 2.15 bits per heavy atom. The summed E-state index contributed by atoms with van der Waals surface area (Å²) in [5.74, 6) is 3.41. The summed E-state index contributed by atoms with van der Waals surface area (Å²) in [6, 6.07) is 0.356. The van der Waals surface area contributed by atoms with Crippen LogP contribution in [0.25, 0.3) is 0 Å². The Balaban J connectivity index is 2.19. The Bertz CT molecular complexity index is 173. The molecule has 1 saturated heterocycles. The summed E-state index contributed by atoms with van der Waals surface area (Å²) < 4.78 is 0. The topological polar surface area (TPSA) is 29.3 Å². The fourth-order valence-corrected chi connectivity index (χ4v) is 1.92. The highest BCUT2D eigenvalue weighted by atomic mass is 15.1. The van der Waals surface area contributed by atoms with E-state index in [-0.39, 0.29) is 0 Å². The zero-order valence-electron chi connectivity index (χ0n) is 8.50. The number of terminal acetylenes is 1. The van der Waals surface area contributed by atoms with E-state index in [1.807, 2.05) is 0 Å². The lowest BCUT2D eigenvalue weighted by atomic mass is 9.91. The highest BCUT2D eigenvalue weighted by Crippen LogP contribution is 2.19. The van der Waals surface area contributed by atoms with Gasteiger partial charge in [0, 0.05) is 19.0 Å². The molecule has 0 saturated carbocycles. The van der Waals surface area contributed by atoms with E-state index in [1.54, 1.807) is 0 Å². The van der Waals surface area contributed by atoms with Crippen LogP contribution in [0.2, 0.25) is 0 Å². The molecular weight excluding hydrogens is 160 g/mol. The number of rotatable bonds is 3. The van der Waals surface area contributed by atoms with Gasteiger partial charge in [-0.25, -0.2) is 0 Å². The fourth-order valence-electron chi connectivity index (χ4n) is 1.92. The van der Waals surface area contributed by atoms with E-state index in [9.17, 15) is 0 Å². The first-order chi connectivity index (χ1) is 6.24. The van der Waals surface area contributed by atoms with Crippen LogP contribution in [0.15, 0.2) is 0 Å². The maximum absolute atomic E-state index is 5.86. The molecule has 0 bridgehead atoms. The summed E-state index contributed by atoms with van der Waals surface area (Å²) in [6.45, 7) is 5.52. The van der Waals surface area contributed by atoms with Crippen LogP contribution in [-0.4, -0.2) is 30.6 Å². The van der Waals surface area contributed by atoms with Crippen molar-refractivity contribution in [2.75, 3.05) is 19.6 Å². The SMILES string of the molecule is C#CCCN1CCC(C(C)N)CC1. The molecule has 0 aromatic heterocycles. The quantitative estimate of drug-likeness (QED) is 0.658. The van der Waals surface area contributed by atoms with Crippen LogP contribution in [-0.2, 0) is 0 Å². The van der Waals surface area contributed by atoms with Gasteiger partial charge in [-0.05, 0) is 38.8 Å². The fraction of sp³-hybridized carbons (Fsp3) is 0.818. The van der Waals surface area contributed by atoms with Gasteiger partial charge in [-0.15, -0.1) is 12.3 Å². The first-order valence-electron chi connectivity index (χ1n) is 5.15. The minimum Gasteiger partial charge on any atom is -0.328 e. The van der Waals surface area contributed by atoms with Crippen molar-refractivity contribution < 1.29 is 0 Å². The molecule has 0 aromatic rings. The standard InChI is InChI=1S/C11H20N2/c1-3-4-7-13-8-5-11(6-9-13)10(2)12/h1,10-11H,4-9,12H2,2H3. The molecule has 13 heavy (non-hydrogen) atoms. The highest BCUT2D eigenvalue weighted by Gasteiger charge is 2.20. The molecule has 1 fully saturated rings. The van der Waals surface area contributed by atoms with E-state index in [0.29, 0.717) is 6.04 Å². The van der Waals surface area contributed by atoms with Gasteiger partial charge in [0.15, 0.2) is 0 Å². The Kier molecular flexibility index (Phi) is 4.27. The molecule has 1 atom stereocenters. The minimum absolute atomic E-state index is 0.356. The molecule has 74 valence electrons. The summed E-state index contributed by atoms with van der Waals surface area (Å²) in [6.07, 6.45) is 8.58. The van der Waals surface area contributed by atoms with Gasteiger partial charge in [0.25, 0.3) is 0 Å². The van der Waals surface area contributed by atoms with E-state index in [1.165, 1.54) is 25.9 Å². The lowest BCUT2D eigenvalue weighted by Gasteiger charge is -2.33. The number of likely N-dealkylation sites (tertiary alicyclic amines) is 1. The van der Waals surface area contributed by atoms with E-state index in [0.717, 1.165) is 18.9 Å². The van der Waals surface area contributed by atoms with E-state index in [4.69, 9.17) is 12.2 Å². The van der Waals surface area contributed by atoms with Crippen molar-refractivity contribution in [1.29, 1.82) is 0 Å². The minimum atomic E-state index is 0.356. The van der Waals surface area contributed by atoms with E-state index in [2.05, 4.69) is 17.7 Å². The molecule has 0 radical (unpaired) electrons. The lowest BCUT2D eigenvalue weighted by Crippen LogP contribution is -2.39. The second-order valence-electron chi connectivity index (χ2n) is 3.99. The molecule has 2 nitrogen and oxygen atoms in total. The molecule has 0 aliphatic carbocycles. The molecule has 1 aliphatic rings. The second-order valence-corrected chi connectivity index (χ2v) is 3.99. The third-order valence-electron chi connectivity index (χ3n) is 2.95. The summed E-state index contributed by atoms with van der Waals surface area (Å²) in [5, 5.41) is 0. The van der Waals surface area contributed by atoms with Crippen LogP contribution in [0.3, 0.4) is 0 Å². The average Bonchev–Trinajstić information content (AvgIpc) is 2.15. The van der Waals surface area contributed by atoms with Gasteiger partial charge in [0.05, 0.1) is 0 Å². The van der Waals surface area contributed by atoms with Crippen molar-refractivity contribution in [1.82, 2.24) is 4.90 Å². The molecule has 2 N–H and O–H groups in total. The van der Waals surface area contributed by atoms with Crippen molar-refractivity contribution >= 4 is 0 Å². The van der Waals surface area contributed by atoms with Gasteiger partial charge in [-0.3, -0.25) is 0 Å². The lowest BCUT2D eigenvalue weighted by molar-refractivity contribution is 0.175. The molecule has 1 aliphatic heterocycles. The third-order valence-corrected chi connectivity index (χ3v) is 2.95. The summed E-state index contributed by atoms with van der Waals surface area (Å²) >= 11 is 0. The van der Waals surface area contributed by atoms with Crippen molar-refractivity contribution in [2.24, 2.45) is 11.7 Å². The first-order valence-corrected chi connectivity index (χ1v) is 5.15. The van der Waals surface area contributed by atoms with Crippen molar-refractivity contribution in [2.45, 2.75) is 32.2 Å². The van der Waals surface area contributed by atoms with Gasteiger partial charge in [-0.2, -0.15) is 0 Å². The summed E-state index contributed by atoms with van der Waals surface area (Å²) in [5.41, 5.74) is 5.86. The molecular formula is C11H20N2. The Morgan fingerprint density at radius 3 is 2.62 bits per heavy atom. The Morgan fingerprint density at radius 1 is 1.54 bits per heavy atom. The van der Waals surface area contributed by atoms with E-state index < -0.39 is 0 Å². The molecule has 0 amide bonds. The largest absolute Gasteiger partial charge is 0.328 e. The van der Waals surface area contributed by atoms with Crippen LogP contribution in [0, 0.1) is 18.3 Å². The second kappa shape index (κ2) is 5.26. The van der Waals surface area contributed by atoms with Crippen molar-refractivity contribution in [3.63, 3.8) is 0 Å². The zero-order valence-corrected chi connectivity index (χ0v) is 8.50. The number of piperidine rings is 1. The van der Waals surface area contributed by atoms with Crippen molar-refractivity contribution in [3.05, 3.63) is 0 Å². The normalized spacial score (nSPS) is 22.5. The molecule has 0 spiro atoms. The van der Waals surface area contributed by atoms with Gasteiger partial charge in [-0.1, -0.05) is 0 Å². The van der Waals surface area contributed by atoms with Crippen LogP contribution in [0.5, 0.6) is 0 Å². The highest BCUT2D eigenvalue weighted by molar-refractivity contribution is 4.86. The average molecular weight is 180 g/mol. The molecule has 1 unspecified atom stereocenters. The maximum atomic E-state index is 5.86. The predicted octanol–water partition coefficient (Wildman–Crippen LogP) is 1.07. The molecule has 1 heterocycles. The molecule has 0 aromatic carbocycles. The van der Waals surface area contributed by atoms with Gasteiger partial charge in [0.2, 0.25) is 0 Å².